The Morgan fingerprint density at radius 3 is 2.79 bits per heavy atom. The fourth-order valence-electron chi connectivity index (χ4n) is 2.14. The Labute approximate surface area is 124 Å². The molecule has 1 aliphatic rings. The van der Waals surface area contributed by atoms with Gasteiger partial charge in [-0.2, -0.15) is 0 Å². The molecule has 0 spiro atoms. The van der Waals surface area contributed by atoms with E-state index in [9.17, 15) is 9.18 Å². The van der Waals surface area contributed by atoms with Crippen molar-refractivity contribution in [1.29, 1.82) is 0 Å². The molecule has 1 N–H and O–H groups in total. The van der Waals surface area contributed by atoms with Crippen LogP contribution >= 0.6 is 27.5 Å². The van der Waals surface area contributed by atoms with E-state index >= 15 is 0 Å². The predicted octanol–water partition coefficient (Wildman–Crippen LogP) is 3.68. The molecule has 1 amide bonds. The lowest BCUT2D eigenvalue weighted by atomic mass is 10.2. The van der Waals surface area contributed by atoms with Gasteiger partial charge in [0.25, 0.3) is 5.91 Å². The zero-order valence-corrected chi connectivity index (χ0v) is 12.6. The van der Waals surface area contributed by atoms with E-state index in [1.165, 1.54) is 6.07 Å². The summed E-state index contributed by atoms with van der Waals surface area (Å²) >= 11 is 9.02. The van der Waals surface area contributed by atoms with E-state index in [2.05, 4.69) is 21.2 Å². The van der Waals surface area contributed by atoms with Gasteiger partial charge in [-0.05, 0) is 40.9 Å². The Balaban J connectivity index is 1.89. The average Bonchev–Trinajstić information content (AvgIpc) is 2.80. The molecule has 0 radical (unpaired) electrons. The highest BCUT2D eigenvalue weighted by Gasteiger charge is 2.18. The number of halogens is 3. The Bertz CT molecular complexity index is 455. The van der Waals surface area contributed by atoms with Crippen molar-refractivity contribution in [2.75, 3.05) is 6.61 Å². The Morgan fingerprint density at radius 1 is 1.47 bits per heavy atom. The van der Waals surface area contributed by atoms with Gasteiger partial charge in [0.2, 0.25) is 0 Å². The minimum atomic E-state index is -0.459. The number of nitrogens with one attached hydrogen (secondary N) is 1. The van der Waals surface area contributed by atoms with Gasteiger partial charge in [0.05, 0.1) is 9.50 Å². The number of carbonyl (C=O) groups excluding carboxylic acids is 1. The van der Waals surface area contributed by atoms with Crippen LogP contribution < -0.4 is 10.1 Å². The lowest BCUT2D eigenvalue weighted by Crippen LogP contribution is -2.36. The zero-order valence-electron chi connectivity index (χ0n) is 10.2. The summed E-state index contributed by atoms with van der Waals surface area (Å²) < 4.78 is 18.8. The van der Waals surface area contributed by atoms with E-state index in [1.54, 1.807) is 0 Å². The second-order valence-electron chi connectivity index (χ2n) is 4.54. The number of amides is 1. The molecule has 1 saturated carbocycles. The Hall–Kier alpha value is -0.810. The molecule has 1 aliphatic carbocycles. The molecular formula is C13H14BrClFNO2. The Morgan fingerprint density at radius 2 is 2.16 bits per heavy atom. The first-order valence-corrected chi connectivity index (χ1v) is 7.30. The molecule has 0 unspecified atom stereocenters. The summed E-state index contributed by atoms with van der Waals surface area (Å²) in [6.45, 7) is -0.125. The first-order valence-electron chi connectivity index (χ1n) is 6.13. The molecule has 0 aliphatic heterocycles. The van der Waals surface area contributed by atoms with Crippen LogP contribution in [0.1, 0.15) is 25.7 Å². The molecule has 0 aromatic heterocycles. The number of rotatable bonds is 4. The van der Waals surface area contributed by atoms with Crippen LogP contribution in [0, 0.1) is 5.82 Å². The van der Waals surface area contributed by atoms with Crippen LogP contribution in [0.4, 0.5) is 4.39 Å². The van der Waals surface area contributed by atoms with Crippen LogP contribution in [0.25, 0.3) is 0 Å². The van der Waals surface area contributed by atoms with Gasteiger partial charge < -0.3 is 10.1 Å². The lowest BCUT2D eigenvalue weighted by Gasteiger charge is -2.13. The summed E-state index contributed by atoms with van der Waals surface area (Å²) in [6, 6.07) is 2.65. The molecule has 104 valence electrons. The van der Waals surface area contributed by atoms with Gasteiger partial charge in [0.15, 0.2) is 12.4 Å². The van der Waals surface area contributed by atoms with Gasteiger partial charge in [-0.25, -0.2) is 4.39 Å². The van der Waals surface area contributed by atoms with Crippen LogP contribution in [-0.2, 0) is 4.79 Å². The number of hydrogen-bond acceptors (Lipinski definition) is 2. The summed E-state index contributed by atoms with van der Waals surface area (Å²) in [5.41, 5.74) is 0. The normalized spacial score (nSPS) is 15.5. The van der Waals surface area contributed by atoms with Gasteiger partial charge in [0.1, 0.15) is 5.82 Å². The molecule has 1 aromatic rings. The van der Waals surface area contributed by atoms with Crippen molar-refractivity contribution in [2.45, 2.75) is 31.7 Å². The molecule has 0 bridgehead atoms. The van der Waals surface area contributed by atoms with Gasteiger partial charge in [-0.3, -0.25) is 4.79 Å². The largest absolute Gasteiger partial charge is 0.481 e. The second kappa shape index (κ2) is 6.57. The topological polar surface area (TPSA) is 38.3 Å². The summed E-state index contributed by atoms with van der Waals surface area (Å²) in [5.74, 6) is -0.358. The molecule has 0 atom stereocenters. The number of ether oxygens (including phenoxy) is 1. The molecule has 0 heterocycles. The summed E-state index contributed by atoms with van der Waals surface area (Å²) in [7, 11) is 0. The summed E-state index contributed by atoms with van der Waals surface area (Å²) in [4.78, 5) is 11.7. The molecule has 1 aromatic carbocycles. The van der Waals surface area contributed by atoms with Gasteiger partial charge in [-0.15, -0.1) is 0 Å². The highest BCUT2D eigenvalue weighted by molar-refractivity contribution is 9.10. The number of hydrogen-bond donors (Lipinski definition) is 1. The average molecular weight is 351 g/mol. The maximum Gasteiger partial charge on any atom is 0.258 e. The third-order valence-electron chi connectivity index (χ3n) is 3.03. The van der Waals surface area contributed by atoms with Crippen LogP contribution in [0.5, 0.6) is 5.75 Å². The molecule has 3 nitrogen and oxygen atoms in total. The van der Waals surface area contributed by atoms with E-state index in [-0.39, 0.29) is 29.3 Å². The number of benzene rings is 1. The van der Waals surface area contributed by atoms with E-state index in [1.807, 2.05) is 0 Å². The van der Waals surface area contributed by atoms with Crippen molar-refractivity contribution in [3.63, 3.8) is 0 Å². The van der Waals surface area contributed by atoms with Crippen LogP contribution in [-0.4, -0.2) is 18.6 Å². The smallest absolute Gasteiger partial charge is 0.258 e. The van der Waals surface area contributed by atoms with Gasteiger partial charge in [0, 0.05) is 6.04 Å². The summed E-state index contributed by atoms with van der Waals surface area (Å²) in [6.07, 6.45) is 4.35. The number of carbonyl (C=O) groups is 1. The van der Waals surface area contributed by atoms with Crippen molar-refractivity contribution in [1.82, 2.24) is 5.32 Å². The maximum atomic E-state index is 13.0. The van der Waals surface area contributed by atoms with Crippen LogP contribution in [0.2, 0.25) is 5.02 Å². The summed E-state index contributed by atoms with van der Waals surface area (Å²) in [5, 5.41) is 3.04. The SMILES string of the molecule is O=C(COc1c(Cl)cc(F)cc1Br)NC1CCCC1. The fraction of sp³-hybridized carbons (Fsp3) is 0.462. The molecule has 0 saturated heterocycles. The van der Waals surface area contributed by atoms with E-state index in [4.69, 9.17) is 16.3 Å². The van der Waals surface area contributed by atoms with Crippen molar-refractivity contribution >= 4 is 33.4 Å². The van der Waals surface area contributed by atoms with Crippen molar-refractivity contribution in [3.8, 4) is 5.75 Å². The quantitative estimate of drug-likeness (QED) is 0.899. The molecule has 2 rings (SSSR count). The van der Waals surface area contributed by atoms with Crippen LogP contribution in [0.15, 0.2) is 16.6 Å². The van der Waals surface area contributed by atoms with Gasteiger partial charge >= 0.3 is 0 Å². The Kier molecular flexibility index (Phi) is 5.05. The standard InChI is InChI=1S/C13H14BrClFNO2/c14-10-5-8(16)6-11(15)13(10)19-7-12(18)17-9-3-1-2-4-9/h5-6,9H,1-4,7H2,(H,17,18). The minimum Gasteiger partial charge on any atom is -0.481 e. The first kappa shape index (κ1) is 14.6. The fourth-order valence-corrected chi connectivity index (χ4v) is 3.07. The van der Waals surface area contributed by atoms with E-state index in [0.717, 1.165) is 31.7 Å². The molecule has 19 heavy (non-hydrogen) atoms. The minimum absolute atomic E-state index is 0.125. The highest BCUT2D eigenvalue weighted by atomic mass is 79.9. The zero-order chi connectivity index (χ0) is 13.8. The van der Waals surface area contributed by atoms with Crippen LogP contribution in [0.3, 0.4) is 0 Å². The van der Waals surface area contributed by atoms with Crippen molar-refractivity contribution < 1.29 is 13.9 Å². The molecule has 1 fully saturated rings. The van der Waals surface area contributed by atoms with Crippen molar-refractivity contribution in [3.05, 3.63) is 27.4 Å². The van der Waals surface area contributed by atoms with E-state index < -0.39 is 5.82 Å². The third-order valence-corrected chi connectivity index (χ3v) is 3.90. The highest BCUT2D eigenvalue weighted by Crippen LogP contribution is 2.33. The predicted molar refractivity (Wildman–Crippen MR) is 75.0 cm³/mol. The third kappa shape index (κ3) is 4.08. The van der Waals surface area contributed by atoms with Crippen molar-refractivity contribution in [2.24, 2.45) is 0 Å². The maximum absolute atomic E-state index is 13.0. The molecule has 6 heteroatoms. The lowest BCUT2D eigenvalue weighted by molar-refractivity contribution is -0.123. The second-order valence-corrected chi connectivity index (χ2v) is 5.80. The first-order chi connectivity index (χ1) is 9.06. The monoisotopic (exact) mass is 349 g/mol. The van der Waals surface area contributed by atoms with E-state index in [0.29, 0.717) is 4.47 Å². The van der Waals surface area contributed by atoms with Gasteiger partial charge in [-0.1, -0.05) is 24.4 Å². The molecular weight excluding hydrogens is 337 g/mol.